The molecule has 166 valence electrons. The van der Waals surface area contributed by atoms with Gasteiger partial charge in [0.15, 0.2) is 12.4 Å². The highest BCUT2D eigenvalue weighted by molar-refractivity contribution is 7.12. The number of ketones is 2. The van der Waals surface area contributed by atoms with Crippen LogP contribution in [0.4, 0.5) is 0 Å². The molecule has 0 saturated carbocycles. The Morgan fingerprint density at radius 2 is 1.69 bits per heavy atom. The second-order valence-electron chi connectivity index (χ2n) is 7.14. The molecule has 0 spiro atoms. The zero-order chi connectivity index (χ0) is 23.3. The summed E-state index contributed by atoms with van der Waals surface area (Å²) in [5.41, 5.74) is 3.18. The van der Waals surface area contributed by atoms with E-state index in [1.807, 2.05) is 11.5 Å². The van der Waals surface area contributed by atoms with Gasteiger partial charge in [-0.3, -0.25) is 14.4 Å². The number of carbonyl (C=O) groups is 4. The minimum Gasteiger partial charge on any atom is -0.465 e. The standard InChI is InChI=1S/C24H23NO6S/c1-15-13-19(16(2)25(15)18-8-6-17(7-9-18)24(29)30-3)21(27)14-31-23(28)11-10-20(26)22-5-4-12-32-22/h4-9,12-13H,10-11,14H2,1-3H3. The maximum atomic E-state index is 12.7. The number of benzene rings is 1. The fourth-order valence-electron chi connectivity index (χ4n) is 3.38. The Kier molecular flexibility index (Phi) is 7.37. The summed E-state index contributed by atoms with van der Waals surface area (Å²) in [5, 5.41) is 1.80. The van der Waals surface area contributed by atoms with Gasteiger partial charge in [-0.05, 0) is 55.6 Å². The zero-order valence-corrected chi connectivity index (χ0v) is 18.9. The second-order valence-corrected chi connectivity index (χ2v) is 8.09. The Bertz CT molecular complexity index is 1140. The van der Waals surface area contributed by atoms with E-state index in [9.17, 15) is 19.2 Å². The van der Waals surface area contributed by atoms with Gasteiger partial charge in [0, 0.05) is 29.1 Å². The maximum absolute atomic E-state index is 12.7. The SMILES string of the molecule is COC(=O)c1ccc(-n2c(C)cc(C(=O)COC(=O)CCC(=O)c3cccs3)c2C)cc1. The molecule has 0 amide bonds. The van der Waals surface area contributed by atoms with Crippen LogP contribution in [-0.2, 0) is 14.3 Å². The first-order valence-corrected chi connectivity index (χ1v) is 10.8. The van der Waals surface area contributed by atoms with Gasteiger partial charge in [0.2, 0.25) is 5.78 Å². The maximum Gasteiger partial charge on any atom is 0.337 e. The quantitative estimate of drug-likeness (QED) is 0.354. The molecule has 3 rings (SSSR count). The fraction of sp³-hybridized carbons (Fsp3) is 0.250. The highest BCUT2D eigenvalue weighted by Crippen LogP contribution is 2.22. The first-order chi connectivity index (χ1) is 15.3. The molecule has 7 nitrogen and oxygen atoms in total. The molecule has 2 heterocycles. The van der Waals surface area contributed by atoms with Crippen LogP contribution in [0.15, 0.2) is 47.8 Å². The first kappa shape index (κ1) is 23.1. The van der Waals surface area contributed by atoms with Gasteiger partial charge in [-0.1, -0.05) is 6.07 Å². The molecule has 0 aliphatic heterocycles. The van der Waals surface area contributed by atoms with E-state index in [2.05, 4.69) is 0 Å². The molecule has 0 N–H and O–H groups in total. The van der Waals surface area contributed by atoms with Crippen LogP contribution in [0.5, 0.6) is 0 Å². The summed E-state index contributed by atoms with van der Waals surface area (Å²) in [6.07, 6.45) is -0.0286. The highest BCUT2D eigenvalue weighted by Gasteiger charge is 2.19. The number of ether oxygens (including phenoxy) is 2. The molecule has 0 aliphatic carbocycles. The molecule has 0 atom stereocenters. The normalized spacial score (nSPS) is 10.6. The van der Waals surface area contributed by atoms with Gasteiger partial charge in [-0.15, -0.1) is 11.3 Å². The van der Waals surface area contributed by atoms with E-state index >= 15 is 0 Å². The number of Topliss-reactive ketones (excluding diaryl/α,β-unsaturated/α-hetero) is 2. The number of aromatic nitrogens is 1. The van der Waals surface area contributed by atoms with Crippen LogP contribution in [0.25, 0.3) is 5.69 Å². The molecular formula is C24H23NO6S. The van der Waals surface area contributed by atoms with Gasteiger partial charge in [0.1, 0.15) is 0 Å². The van der Waals surface area contributed by atoms with Crippen molar-refractivity contribution in [3.05, 3.63) is 75.2 Å². The van der Waals surface area contributed by atoms with Crippen LogP contribution in [0.1, 0.15) is 54.6 Å². The van der Waals surface area contributed by atoms with Crippen molar-refractivity contribution in [3.8, 4) is 5.69 Å². The minimum absolute atomic E-state index is 0.0453. The lowest BCUT2D eigenvalue weighted by atomic mass is 10.1. The third-order valence-corrected chi connectivity index (χ3v) is 5.91. The number of hydrogen-bond acceptors (Lipinski definition) is 7. The molecule has 2 aromatic heterocycles. The molecule has 0 radical (unpaired) electrons. The summed E-state index contributed by atoms with van der Waals surface area (Å²) in [6.45, 7) is 3.27. The Morgan fingerprint density at radius 3 is 2.31 bits per heavy atom. The molecule has 0 aliphatic rings. The van der Waals surface area contributed by atoms with Gasteiger partial charge >= 0.3 is 11.9 Å². The average molecular weight is 454 g/mol. The summed E-state index contributed by atoms with van der Waals surface area (Å²) in [7, 11) is 1.32. The van der Waals surface area contributed by atoms with Crippen molar-refractivity contribution in [2.45, 2.75) is 26.7 Å². The summed E-state index contributed by atoms with van der Waals surface area (Å²) in [6, 6.07) is 12.1. The lowest BCUT2D eigenvalue weighted by Gasteiger charge is -2.10. The van der Waals surface area contributed by atoms with Crippen molar-refractivity contribution >= 4 is 34.8 Å². The highest BCUT2D eigenvalue weighted by atomic mass is 32.1. The molecule has 3 aromatic rings. The summed E-state index contributed by atoms with van der Waals surface area (Å²) >= 11 is 1.32. The van der Waals surface area contributed by atoms with Gasteiger partial charge in [-0.2, -0.15) is 0 Å². The molecule has 8 heteroatoms. The summed E-state index contributed by atoms with van der Waals surface area (Å²) < 4.78 is 11.7. The zero-order valence-electron chi connectivity index (χ0n) is 18.0. The number of aryl methyl sites for hydroxylation is 1. The Morgan fingerprint density at radius 1 is 0.969 bits per heavy atom. The topological polar surface area (TPSA) is 91.7 Å². The molecule has 0 bridgehead atoms. The number of nitrogens with zero attached hydrogens (tertiary/aromatic N) is 1. The lowest BCUT2D eigenvalue weighted by molar-refractivity contribution is -0.142. The number of hydrogen-bond donors (Lipinski definition) is 0. The molecule has 0 fully saturated rings. The van der Waals surface area contributed by atoms with Crippen molar-refractivity contribution in [1.82, 2.24) is 4.57 Å². The second kappa shape index (κ2) is 10.2. The van der Waals surface area contributed by atoms with E-state index in [-0.39, 0.29) is 24.4 Å². The molecule has 32 heavy (non-hydrogen) atoms. The van der Waals surface area contributed by atoms with E-state index < -0.39 is 18.5 Å². The number of thiophene rings is 1. The summed E-state index contributed by atoms with van der Waals surface area (Å²) in [4.78, 5) is 48.8. The van der Waals surface area contributed by atoms with Crippen molar-refractivity contribution in [2.75, 3.05) is 13.7 Å². The van der Waals surface area contributed by atoms with Crippen molar-refractivity contribution < 1.29 is 28.7 Å². The van der Waals surface area contributed by atoms with Gasteiger partial charge < -0.3 is 14.0 Å². The van der Waals surface area contributed by atoms with Crippen LogP contribution in [0.3, 0.4) is 0 Å². The van der Waals surface area contributed by atoms with Gasteiger partial charge in [0.05, 0.1) is 24.0 Å². The van der Waals surface area contributed by atoms with E-state index in [1.165, 1.54) is 18.4 Å². The number of esters is 2. The first-order valence-electron chi connectivity index (χ1n) is 9.95. The van der Waals surface area contributed by atoms with Crippen molar-refractivity contribution in [1.29, 1.82) is 0 Å². The lowest BCUT2D eigenvalue weighted by Crippen LogP contribution is -2.15. The number of carbonyl (C=O) groups excluding carboxylic acids is 4. The Labute approximate surface area is 189 Å². The molecule has 1 aromatic carbocycles. The molecule has 0 unspecified atom stereocenters. The van der Waals surface area contributed by atoms with E-state index in [0.29, 0.717) is 21.7 Å². The Balaban J connectivity index is 1.62. The van der Waals surface area contributed by atoms with Crippen LogP contribution in [0, 0.1) is 13.8 Å². The largest absolute Gasteiger partial charge is 0.465 e. The van der Waals surface area contributed by atoms with E-state index in [0.717, 1.165) is 11.4 Å². The van der Waals surface area contributed by atoms with Crippen molar-refractivity contribution in [2.24, 2.45) is 0 Å². The molecular weight excluding hydrogens is 430 g/mol. The molecule has 0 saturated heterocycles. The van der Waals surface area contributed by atoms with Crippen LogP contribution in [-0.4, -0.2) is 41.8 Å². The van der Waals surface area contributed by atoms with E-state index in [1.54, 1.807) is 54.8 Å². The monoisotopic (exact) mass is 453 g/mol. The third-order valence-electron chi connectivity index (χ3n) is 4.99. The van der Waals surface area contributed by atoms with Crippen LogP contribution < -0.4 is 0 Å². The van der Waals surface area contributed by atoms with Crippen LogP contribution in [0.2, 0.25) is 0 Å². The predicted octanol–water partition coefficient (Wildman–Crippen LogP) is 4.33. The van der Waals surface area contributed by atoms with Crippen molar-refractivity contribution in [3.63, 3.8) is 0 Å². The Hall–Kier alpha value is -3.52. The number of methoxy groups -OCH3 is 1. The minimum atomic E-state index is -0.588. The van der Waals surface area contributed by atoms with Gasteiger partial charge in [-0.25, -0.2) is 4.79 Å². The average Bonchev–Trinajstić information content (AvgIpc) is 3.43. The third kappa shape index (κ3) is 5.20. The van der Waals surface area contributed by atoms with Gasteiger partial charge in [0.25, 0.3) is 0 Å². The van der Waals surface area contributed by atoms with Crippen LogP contribution >= 0.6 is 11.3 Å². The summed E-state index contributed by atoms with van der Waals surface area (Å²) in [5.74, 6) is -1.46. The fourth-order valence-corrected chi connectivity index (χ4v) is 4.07. The number of rotatable bonds is 9. The predicted molar refractivity (Wildman–Crippen MR) is 120 cm³/mol. The smallest absolute Gasteiger partial charge is 0.337 e. The van der Waals surface area contributed by atoms with E-state index in [4.69, 9.17) is 9.47 Å².